The third-order valence-electron chi connectivity index (χ3n) is 2.77. The number of benzene rings is 2. The fourth-order valence-electron chi connectivity index (χ4n) is 1.78. The minimum atomic E-state index is -0.511. The van der Waals surface area contributed by atoms with Crippen LogP contribution in [0.25, 0.3) is 0 Å². The molecular weight excluding hydrogens is 338 g/mol. The summed E-state index contributed by atoms with van der Waals surface area (Å²) in [6.07, 6.45) is 0.271. The van der Waals surface area contributed by atoms with Crippen LogP contribution in [0.5, 0.6) is 5.75 Å². The Labute approximate surface area is 129 Å². The first-order valence-electron chi connectivity index (χ1n) is 6.19. The average Bonchev–Trinajstić information content (AvgIpc) is 2.47. The van der Waals surface area contributed by atoms with Gasteiger partial charge in [0.1, 0.15) is 16.8 Å². The summed E-state index contributed by atoms with van der Waals surface area (Å²) >= 11 is 3.12. The molecule has 0 spiro atoms. The fraction of sp³-hybridized carbons (Fsp3) is 0.133. The highest BCUT2D eigenvalue weighted by Gasteiger charge is 2.16. The van der Waals surface area contributed by atoms with Crippen LogP contribution >= 0.6 is 15.9 Å². The number of halogens is 1. The fourth-order valence-corrected chi connectivity index (χ4v) is 2.31. The Hall–Kier alpha value is -2.21. The molecule has 0 unspecified atom stereocenters. The van der Waals surface area contributed by atoms with Crippen LogP contribution in [0.4, 0.5) is 5.69 Å². The van der Waals surface area contributed by atoms with E-state index < -0.39 is 4.92 Å². The lowest BCUT2D eigenvalue weighted by molar-refractivity contribution is -0.385. The molecule has 0 heterocycles. The van der Waals surface area contributed by atoms with E-state index in [1.807, 2.05) is 30.3 Å². The molecule has 0 atom stereocenters. The number of hydrogen-bond acceptors (Lipinski definition) is 4. The van der Waals surface area contributed by atoms with Gasteiger partial charge in [-0.05, 0) is 27.6 Å². The molecule has 0 aliphatic heterocycles. The predicted molar refractivity (Wildman–Crippen MR) is 81.4 cm³/mol. The van der Waals surface area contributed by atoms with Gasteiger partial charge in [0.25, 0.3) is 5.69 Å². The summed E-state index contributed by atoms with van der Waals surface area (Å²) in [5, 5.41) is 10.8. The molecule has 0 amide bonds. The van der Waals surface area contributed by atoms with E-state index in [-0.39, 0.29) is 34.7 Å². The molecule has 0 aromatic heterocycles. The minimum Gasteiger partial charge on any atom is -0.484 e. The summed E-state index contributed by atoms with van der Waals surface area (Å²) in [6, 6.07) is 13.8. The SMILES string of the molecule is O=C(COc1cccc([N+](=O)[O-])c1Br)Cc1ccccc1. The van der Waals surface area contributed by atoms with Gasteiger partial charge >= 0.3 is 0 Å². The molecule has 0 bridgehead atoms. The molecule has 0 saturated carbocycles. The lowest BCUT2D eigenvalue weighted by Crippen LogP contribution is -2.14. The number of Topliss-reactive ketones (excluding diaryl/α,β-unsaturated/α-hetero) is 1. The molecule has 0 aliphatic carbocycles. The van der Waals surface area contributed by atoms with Crippen LogP contribution in [-0.2, 0) is 11.2 Å². The molecule has 0 aliphatic rings. The quantitative estimate of drug-likeness (QED) is 0.590. The van der Waals surface area contributed by atoms with Crippen LogP contribution < -0.4 is 4.74 Å². The highest BCUT2D eigenvalue weighted by Crippen LogP contribution is 2.33. The maximum Gasteiger partial charge on any atom is 0.287 e. The van der Waals surface area contributed by atoms with E-state index in [1.54, 1.807) is 6.07 Å². The van der Waals surface area contributed by atoms with Gasteiger partial charge in [-0.2, -0.15) is 0 Å². The minimum absolute atomic E-state index is 0.0944. The molecule has 0 N–H and O–H groups in total. The summed E-state index contributed by atoms with van der Waals surface area (Å²) in [4.78, 5) is 22.1. The standard InChI is InChI=1S/C15H12BrNO4/c16-15-13(17(19)20)7-4-8-14(15)21-10-12(18)9-11-5-2-1-3-6-11/h1-8H,9-10H2. The van der Waals surface area contributed by atoms with Gasteiger partial charge in [0.2, 0.25) is 0 Å². The second-order valence-corrected chi connectivity index (χ2v) is 5.13. The van der Waals surface area contributed by atoms with Crippen molar-refractivity contribution in [3.05, 3.63) is 68.7 Å². The van der Waals surface area contributed by atoms with Crippen molar-refractivity contribution in [1.29, 1.82) is 0 Å². The van der Waals surface area contributed by atoms with Gasteiger partial charge in [-0.15, -0.1) is 0 Å². The highest BCUT2D eigenvalue weighted by atomic mass is 79.9. The molecule has 5 nitrogen and oxygen atoms in total. The predicted octanol–water partition coefficient (Wildman–Crippen LogP) is 3.55. The lowest BCUT2D eigenvalue weighted by atomic mass is 10.1. The van der Waals surface area contributed by atoms with Gasteiger partial charge in [0.15, 0.2) is 5.78 Å². The Morgan fingerprint density at radius 2 is 1.86 bits per heavy atom. The molecule has 2 rings (SSSR count). The molecule has 6 heteroatoms. The van der Waals surface area contributed by atoms with Crippen LogP contribution in [0.1, 0.15) is 5.56 Å². The van der Waals surface area contributed by atoms with E-state index >= 15 is 0 Å². The van der Waals surface area contributed by atoms with E-state index in [9.17, 15) is 14.9 Å². The van der Waals surface area contributed by atoms with Crippen LogP contribution in [-0.4, -0.2) is 17.3 Å². The summed E-state index contributed by atoms with van der Waals surface area (Å²) in [7, 11) is 0. The van der Waals surface area contributed by atoms with Crippen molar-refractivity contribution in [3.63, 3.8) is 0 Å². The number of ether oxygens (including phenoxy) is 1. The van der Waals surface area contributed by atoms with Crippen LogP contribution in [0.15, 0.2) is 53.0 Å². The molecule has 2 aromatic carbocycles. The van der Waals surface area contributed by atoms with Gasteiger partial charge in [-0.1, -0.05) is 36.4 Å². The summed E-state index contributed by atoms with van der Waals surface area (Å²) in [6.45, 7) is -0.130. The average molecular weight is 350 g/mol. The number of nitrogens with zero attached hydrogens (tertiary/aromatic N) is 1. The van der Waals surface area contributed by atoms with Crippen molar-refractivity contribution in [2.24, 2.45) is 0 Å². The Morgan fingerprint density at radius 1 is 1.14 bits per heavy atom. The zero-order valence-corrected chi connectivity index (χ0v) is 12.6. The van der Waals surface area contributed by atoms with E-state index in [4.69, 9.17) is 4.74 Å². The van der Waals surface area contributed by atoms with Gasteiger partial charge < -0.3 is 4.74 Å². The van der Waals surface area contributed by atoms with Gasteiger partial charge in [-0.3, -0.25) is 14.9 Å². The van der Waals surface area contributed by atoms with E-state index in [2.05, 4.69) is 15.9 Å². The molecule has 0 fully saturated rings. The Kier molecular flexibility index (Phi) is 5.05. The maximum absolute atomic E-state index is 11.8. The number of nitro benzene ring substituents is 1. The van der Waals surface area contributed by atoms with E-state index in [1.165, 1.54) is 12.1 Å². The van der Waals surface area contributed by atoms with Crippen molar-refractivity contribution >= 4 is 27.4 Å². The van der Waals surface area contributed by atoms with Gasteiger partial charge in [0.05, 0.1) is 4.92 Å². The summed E-state index contributed by atoms with van der Waals surface area (Å²) in [5.41, 5.74) is 0.812. The number of carbonyl (C=O) groups is 1. The first kappa shape index (κ1) is 15.2. The zero-order chi connectivity index (χ0) is 15.2. The molecule has 0 radical (unpaired) electrons. The first-order chi connectivity index (χ1) is 10.1. The number of rotatable bonds is 6. The monoisotopic (exact) mass is 349 g/mol. The summed E-state index contributed by atoms with van der Waals surface area (Å²) < 4.78 is 5.60. The normalized spacial score (nSPS) is 10.1. The second-order valence-electron chi connectivity index (χ2n) is 4.34. The third kappa shape index (κ3) is 4.13. The van der Waals surface area contributed by atoms with Crippen LogP contribution in [0, 0.1) is 10.1 Å². The highest BCUT2D eigenvalue weighted by molar-refractivity contribution is 9.10. The third-order valence-corrected chi connectivity index (χ3v) is 3.57. The smallest absolute Gasteiger partial charge is 0.287 e. The molecule has 0 saturated heterocycles. The molecule has 2 aromatic rings. The Bertz CT molecular complexity index is 658. The second kappa shape index (κ2) is 6.99. The maximum atomic E-state index is 11.8. The van der Waals surface area contributed by atoms with Crippen LogP contribution in [0.3, 0.4) is 0 Å². The largest absolute Gasteiger partial charge is 0.484 e. The van der Waals surface area contributed by atoms with Crippen molar-refractivity contribution < 1.29 is 14.5 Å². The number of carbonyl (C=O) groups excluding carboxylic acids is 1. The topological polar surface area (TPSA) is 69.4 Å². The molecule has 21 heavy (non-hydrogen) atoms. The first-order valence-corrected chi connectivity index (χ1v) is 6.98. The number of nitro groups is 1. The van der Waals surface area contributed by atoms with E-state index in [0.29, 0.717) is 0 Å². The van der Waals surface area contributed by atoms with Crippen molar-refractivity contribution in [1.82, 2.24) is 0 Å². The number of ketones is 1. The molecule has 108 valence electrons. The molecular formula is C15H12BrNO4. The zero-order valence-electron chi connectivity index (χ0n) is 11.0. The Morgan fingerprint density at radius 3 is 2.52 bits per heavy atom. The van der Waals surface area contributed by atoms with Gasteiger partial charge in [-0.25, -0.2) is 0 Å². The van der Waals surface area contributed by atoms with Crippen LogP contribution in [0.2, 0.25) is 0 Å². The van der Waals surface area contributed by atoms with Gasteiger partial charge in [0, 0.05) is 12.5 Å². The van der Waals surface area contributed by atoms with Crippen molar-refractivity contribution in [3.8, 4) is 5.75 Å². The lowest BCUT2D eigenvalue weighted by Gasteiger charge is -2.07. The summed E-state index contributed by atoms with van der Waals surface area (Å²) in [5.74, 6) is 0.185. The van der Waals surface area contributed by atoms with Crippen molar-refractivity contribution in [2.75, 3.05) is 6.61 Å². The Balaban J connectivity index is 1.99. The van der Waals surface area contributed by atoms with Crippen molar-refractivity contribution in [2.45, 2.75) is 6.42 Å². The van der Waals surface area contributed by atoms with E-state index in [0.717, 1.165) is 5.56 Å². The number of hydrogen-bond donors (Lipinski definition) is 0.